The van der Waals surface area contributed by atoms with Crippen molar-refractivity contribution in [1.29, 1.82) is 0 Å². The highest BCUT2D eigenvalue weighted by Gasteiger charge is 2.24. The van der Waals surface area contributed by atoms with Crippen LogP contribution in [0.1, 0.15) is 22.8 Å². The summed E-state index contributed by atoms with van der Waals surface area (Å²) in [6, 6.07) is 6.49. The smallest absolute Gasteiger partial charge is 0.338 e. The molecule has 5 heteroatoms. The van der Waals surface area contributed by atoms with Crippen LogP contribution >= 0.6 is 0 Å². The molecule has 0 radical (unpaired) electrons. The Labute approximate surface area is 98.0 Å². The molecule has 1 unspecified atom stereocenters. The average molecular weight is 244 g/mol. The largest absolute Gasteiger partial charge is 0.450 e. The van der Waals surface area contributed by atoms with E-state index in [4.69, 9.17) is 5.11 Å². The van der Waals surface area contributed by atoms with Gasteiger partial charge in [-0.1, -0.05) is 19.1 Å². The van der Waals surface area contributed by atoms with Gasteiger partial charge in [0.25, 0.3) is 6.43 Å². The van der Waals surface area contributed by atoms with Gasteiger partial charge in [0.2, 0.25) is 0 Å². The lowest BCUT2D eigenvalue weighted by molar-refractivity contribution is -0.0546. The number of rotatable bonds is 5. The normalized spacial score (nSPS) is 12.5. The van der Waals surface area contributed by atoms with Gasteiger partial charge in [0.15, 0.2) is 6.10 Å². The maximum Gasteiger partial charge on any atom is 0.338 e. The number of halogens is 2. The summed E-state index contributed by atoms with van der Waals surface area (Å²) in [5, 5.41) is 8.62. The van der Waals surface area contributed by atoms with E-state index in [0.29, 0.717) is 0 Å². The third kappa shape index (κ3) is 3.78. The molecular formula is C12H14F2O3. The monoisotopic (exact) mass is 244 g/mol. The van der Waals surface area contributed by atoms with Crippen LogP contribution in [-0.4, -0.2) is 30.2 Å². The Morgan fingerprint density at radius 3 is 2.35 bits per heavy atom. The second-order valence-corrected chi connectivity index (χ2v) is 3.51. The molecule has 0 saturated carbocycles. The maximum absolute atomic E-state index is 12.3. The van der Waals surface area contributed by atoms with Crippen LogP contribution in [0.2, 0.25) is 0 Å². The number of carbonyl (C=O) groups is 1. The molecule has 3 nitrogen and oxygen atoms in total. The first-order valence-corrected chi connectivity index (χ1v) is 5.27. The van der Waals surface area contributed by atoms with E-state index in [2.05, 4.69) is 4.74 Å². The van der Waals surface area contributed by atoms with E-state index in [1.165, 1.54) is 12.1 Å². The minimum Gasteiger partial charge on any atom is -0.450 e. The molecule has 0 aliphatic rings. The van der Waals surface area contributed by atoms with E-state index in [1.54, 1.807) is 12.1 Å². The SMILES string of the molecule is CCc1ccc(C(=O)OC(CO)C(F)F)cc1. The van der Waals surface area contributed by atoms with Gasteiger partial charge < -0.3 is 9.84 Å². The molecule has 1 N–H and O–H groups in total. The molecule has 0 aromatic heterocycles. The van der Waals surface area contributed by atoms with E-state index in [0.717, 1.165) is 12.0 Å². The number of alkyl halides is 2. The molecule has 0 amide bonds. The number of aryl methyl sites for hydroxylation is 1. The van der Waals surface area contributed by atoms with E-state index < -0.39 is 25.1 Å². The molecule has 0 fully saturated rings. The van der Waals surface area contributed by atoms with Crippen LogP contribution in [0.15, 0.2) is 24.3 Å². The fourth-order valence-electron chi connectivity index (χ4n) is 1.25. The Balaban J connectivity index is 2.68. The van der Waals surface area contributed by atoms with Gasteiger partial charge >= 0.3 is 5.97 Å². The fraction of sp³-hybridized carbons (Fsp3) is 0.417. The lowest BCUT2D eigenvalue weighted by atomic mass is 10.1. The Morgan fingerprint density at radius 2 is 1.94 bits per heavy atom. The molecule has 17 heavy (non-hydrogen) atoms. The van der Waals surface area contributed by atoms with Gasteiger partial charge in [-0.05, 0) is 24.1 Å². The van der Waals surface area contributed by atoms with Crippen molar-refractivity contribution in [3.05, 3.63) is 35.4 Å². The van der Waals surface area contributed by atoms with Crippen molar-refractivity contribution in [2.24, 2.45) is 0 Å². The quantitative estimate of drug-likeness (QED) is 0.806. The van der Waals surface area contributed by atoms with Crippen molar-refractivity contribution in [2.75, 3.05) is 6.61 Å². The van der Waals surface area contributed by atoms with E-state index >= 15 is 0 Å². The highest BCUT2D eigenvalue weighted by atomic mass is 19.3. The number of aliphatic hydroxyl groups is 1. The highest BCUT2D eigenvalue weighted by Crippen LogP contribution is 2.11. The Hall–Kier alpha value is -1.49. The number of ether oxygens (including phenoxy) is 1. The summed E-state index contributed by atoms with van der Waals surface area (Å²) in [7, 11) is 0. The van der Waals surface area contributed by atoms with Crippen LogP contribution in [0.25, 0.3) is 0 Å². The van der Waals surface area contributed by atoms with E-state index in [1.807, 2.05) is 6.92 Å². The van der Waals surface area contributed by atoms with Gasteiger partial charge in [-0.2, -0.15) is 0 Å². The standard InChI is InChI=1S/C12H14F2O3/c1-2-8-3-5-9(6-4-8)12(16)17-10(7-15)11(13)14/h3-6,10-11,15H,2,7H2,1H3. The first-order valence-electron chi connectivity index (χ1n) is 5.27. The van der Waals surface area contributed by atoms with Crippen molar-refractivity contribution >= 4 is 5.97 Å². The summed E-state index contributed by atoms with van der Waals surface area (Å²) < 4.78 is 29.0. The molecule has 94 valence electrons. The van der Waals surface area contributed by atoms with Crippen molar-refractivity contribution in [3.8, 4) is 0 Å². The molecule has 0 heterocycles. The van der Waals surface area contributed by atoms with Gasteiger partial charge in [0.1, 0.15) is 0 Å². The molecule has 0 aliphatic heterocycles. The van der Waals surface area contributed by atoms with Crippen LogP contribution in [0.4, 0.5) is 8.78 Å². The summed E-state index contributed by atoms with van der Waals surface area (Å²) in [5.41, 5.74) is 1.23. The second-order valence-electron chi connectivity index (χ2n) is 3.51. The van der Waals surface area contributed by atoms with Gasteiger partial charge in [0, 0.05) is 0 Å². The van der Waals surface area contributed by atoms with E-state index in [9.17, 15) is 13.6 Å². The number of hydrogen-bond acceptors (Lipinski definition) is 3. The lowest BCUT2D eigenvalue weighted by Gasteiger charge is -2.14. The number of esters is 1. The van der Waals surface area contributed by atoms with Gasteiger partial charge in [-0.15, -0.1) is 0 Å². The molecule has 0 spiro atoms. The van der Waals surface area contributed by atoms with Crippen LogP contribution in [0.5, 0.6) is 0 Å². The molecule has 0 bridgehead atoms. The predicted octanol–water partition coefficient (Wildman–Crippen LogP) is 2.03. The van der Waals surface area contributed by atoms with Gasteiger partial charge in [-0.3, -0.25) is 0 Å². The Bertz CT molecular complexity index is 363. The van der Waals surface area contributed by atoms with E-state index in [-0.39, 0.29) is 5.56 Å². The molecule has 0 saturated heterocycles. The molecule has 1 aromatic rings. The predicted molar refractivity (Wildman–Crippen MR) is 58.1 cm³/mol. The van der Waals surface area contributed by atoms with Crippen LogP contribution in [-0.2, 0) is 11.2 Å². The van der Waals surface area contributed by atoms with Gasteiger partial charge in [-0.25, -0.2) is 13.6 Å². The summed E-state index contributed by atoms with van der Waals surface area (Å²) in [4.78, 5) is 11.5. The summed E-state index contributed by atoms with van der Waals surface area (Å²) >= 11 is 0. The molecule has 1 aromatic carbocycles. The fourth-order valence-corrected chi connectivity index (χ4v) is 1.25. The third-order valence-electron chi connectivity index (χ3n) is 2.32. The first-order chi connectivity index (χ1) is 8.08. The first kappa shape index (κ1) is 13.6. The van der Waals surface area contributed by atoms with Crippen molar-refractivity contribution in [2.45, 2.75) is 25.9 Å². The topological polar surface area (TPSA) is 46.5 Å². The van der Waals surface area contributed by atoms with Crippen molar-refractivity contribution in [3.63, 3.8) is 0 Å². The Morgan fingerprint density at radius 1 is 1.35 bits per heavy atom. The average Bonchev–Trinajstić information content (AvgIpc) is 2.35. The Kier molecular flexibility index (Phi) is 5.03. The zero-order valence-electron chi connectivity index (χ0n) is 9.40. The minimum absolute atomic E-state index is 0.196. The zero-order chi connectivity index (χ0) is 12.8. The minimum atomic E-state index is -2.89. The maximum atomic E-state index is 12.3. The molecule has 1 rings (SSSR count). The van der Waals surface area contributed by atoms with Crippen LogP contribution in [0.3, 0.4) is 0 Å². The van der Waals surface area contributed by atoms with Gasteiger partial charge in [0.05, 0.1) is 12.2 Å². The van der Waals surface area contributed by atoms with Crippen molar-refractivity contribution in [1.82, 2.24) is 0 Å². The molecular weight excluding hydrogens is 230 g/mol. The second kappa shape index (κ2) is 6.30. The third-order valence-corrected chi connectivity index (χ3v) is 2.32. The number of hydrogen-bond donors (Lipinski definition) is 1. The number of benzene rings is 1. The summed E-state index contributed by atoms with van der Waals surface area (Å²) in [6.45, 7) is 1.07. The molecule has 1 atom stereocenters. The lowest BCUT2D eigenvalue weighted by Crippen LogP contribution is -2.29. The number of aliphatic hydroxyl groups excluding tert-OH is 1. The number of carbonyl (C=O) groups excluding carboxylic acids is 1. The van der Waals surface area contributed by atoms with Crippen molar-refractivity contribution < 1.29 is 23.4 Å². The molecule has 0 aliphatic carbocycles. The summed E-state index contributed by atoms with van der Waals surface area (Å²) in [5.74, 6) is -0.855. The van der Waals surface area contributed by atoms with Crippen LogP contribution in [0, 0.1) is 0 Å². The summed E-state index contributed by atoms with van der Waals surface area (Å²) in [6.07, 6.45) is -3.83. The highest BCUT2D eigenvalue weighted by molar-refractivity contribution is 5.89. The van der Waals surface area contributed by atoms with Crippen LogP contribution < -0.4 is 0 Å². The zero-order valence-corrected chi connectivity index (χ0v) is 9.40.